The molecular weight excluding hydrogens is 280 g/mol. The van der Waals surface area contributed by atoms with Crippen LogP contribution in [0.15, 0.2) is 60.7 Å². The number of nitrogens with one attached hydrogen (secondary N) is 2. The third-order valence-electron chi connectivity index (χ3n) is 3.09. The molecule has 0 aromatic heterocycles. The van der Waals surface area contributed by atoms with Gasteiger partial charge in [0.25, 0.3) is 0 Å². The van der Waals surface area contributed by atoms with Crippen LogP contribution >= 0.6 is 0 Å². The number of benzene rings is 2. The van der Waals surface area contributed by atoms with E-state index >= 15 is 0 Å². The lowest BCUT2D eigenvalue weighted by molar-refractivity contribution is 0.103. The zero-order valence-electron chi connectivity index (χ0n) is 12.5. The third kappa shape index (κ3) is 3.99. The SMILES string of the molecule is CN(C(=O)Nc1ccccc1)N(C)C(=O)Nc1ccccc1. The number of amides is 4. The number of hydrogen-bond donors (Lipinski definition) is 2. The molecule has 2 rings (SSSR count). The molecule has 0 aliphatic rings. The van der Waals surface area contributed by atoms with Crippen LogP contribution in [0.25, 0.3) is 0 Å². The van der Waals surface area contributed by atoms with E-state index in [0.29, 0.717) is 11.4 Å². The van der Waals surface area contributed by atoms with Crippen LogP contribution in [0.4, 0.5) is 21.0 Å². The maximum atomic E-state index is 12.1. The molecule has 0 unspecified atom stereocenters. The minimum Gasteiger partial charge on any atom is -0.306 e. The largest absolute Gasteiger partial charge is 0.340 e. The molecule has 0 spiro atoms. The third-order valence-corrected chi connectivity index (χ3v) is 3.09. The van der Waals surface area contributed by atoms with Gasteiger partial charge < -0.3 is 10.6 Å². The Morgan fingerprint density at radius 2 is 1.00 bits per heavy atom. The highest BCUT2D eigenvalue weighted by molar-refractivity contribution is 5.93. The van der Waals surface area contributed by atoms with Crippen LogP contribution in [0.5, 0.6) is 0 Å². The van der Waals surface area contributed by atoms with E-state index in [4.69, 9.17) is 0 Å². The smallest absolute Gasteiger partial charge is 0.306 e. The van der Waals surface area contributed by atoms with Gasteiger partial charge in [-0.1, -0.05) is 36.4 Å². The molecule has 0 bridgehead atoms. The topological polar surface area (TPSA) is 64.7 Å². The van der Waals surface area contributed by atoms with E-state index < -0.39 is 12.1 Å². The number of urea groups is 2. The van der Waals surface area contributed by atoms with Gasteiger partial charge in [-0.2, -0.15) is 0 Å². The molecule has 22 heavy (non-hydrogen) atoms. The highest BCUT2D eigenvalue weighted by Gasteiger charge is 2.18. The molecule has 0 fully saturated rings. The standard InChI is InChI=1S/C16H18N4O2/c1-19(15(21)17-13-9-5-3-6-10-13)20(2)16(22)18-14-11-7-4-8-12-14/h3-12H,1-2H3,(H,17,21)(H,18,22). The maximum Gasteiger partial charge on any atom is 0.340 e. The summed E-state index contributed by atoms with van der Waals surface area (Å²) in [6.45, 7) is 0. The van der Waals surface area contributed by atoms with Gasteiger partial charge in [-0.05, 0) is 24.3 Å². The molecule has 0 aliphatic carbocycles. The van der Waals surface area contributed by atoms with Crippen LogP contribution in [0, 0.1) is 0 Å². The first-order valence-corrected chi connectivity index (χ1v) is 6.77. The van der Waals surface area contributed by atoms with Crippen molar-refractivity contribution in [3.05, 3.63) is 60.7 Å². The Morgan fingerprint density at radius 3 is 1.32 bits per heavy atom. The van der Waals surface area contributed by atoms with Crippen molar-refractivity contribution in [3.63, 3.8) is 0 Å². The van der Waals surface area contributed by atoms with E-state index in [-0.39, 0.29) is 0 Å². The van der Waals surface area contributed by atoms with Crippen molar-refractivity contribution >= 4 is 23.4 Å². The number of carbonyl (C=O) groups is 2. The zero-order valence-corrected chi connectivity index (χ0v) is 12.5. The second-order valence-corrected chi connectivity index (χ2v) is 4.64. The van der Waals surface area contributed by atoms with Crippen LogP contribution < -0.4 is 10.6 Å². The molecule has 2 aromatic carbocycles. The lowest BCUT2D eigenvalue weighted by atomic mass is 10.3. The number of hydrogen-bond acceptors (Lipinski definition) is 2. The number of anilines is 2. The van der Waals surface area contributed by atoms with E-state index in [2.05, 4.69) is 10.6 Å². The second kappa shape index (κ2) is 7.12. The molecular formula is C16H18N4O2. The highest BCUT2D eigenvalue weighted by Crippen LogP contribution is 2.09. The van der Waals surface area contributed by atoms with Crippen molar-refractivity contribution in [2.24, 2.45) is 0 Å². The summed E-state index contributed by atoms with van der Waals surface area (Å²) in [7, 11) is 3.03. The minimum absolute atomic E-state index is 0.406. The molecule has 0 aliphatic heterocycles. The number of nitrogens with zero attached hydrogens (tertiary/aromatic N) is 2. The van der Waals surface area contributed by atoms with Crippen molar-refractivity contribution in [2.75, 3.05) is 24.7 Å². The Balaban J connectivity index is 1.94. The van der Waals surface area contributed by atoms with Gasteiger partial charge in [0.15, 0.2) is 0 Å². The molecule has 0 atom stereocenters. The zero-order chi connectivity index (χ0) is 15.9. The van der Waals surface area contributed by atoms with E-state index in [0.717, 1.165) is 0 Å². The summed E-state index contributed by atoms with van der Waals surface area (Å²) in [5, 5.41) is 7.81. The van der Waals surface area contributed by atoms with Gasteiger partial charge in [0.2, 0.25) is 0 Å². The maximum absolute atomic E-state index is 12.1. The van der Waals surface area contributed by atoms with E-state index in [1.165, 1.54) is 24.1 Å². The fourth-order valence-electron chi connectivity index (χ4n) is 1.72. The second-order valence-electron chi connectivity index (χ2n) is 4.64. The van der Waals surface area contributed by atoms with E-state index in [1.54, 1.807) is 24.3 Å². The molecule has 2 aromatic rings. The Hall–Kier alpha value is -3.02. The molecule has 0 saturated carbocycles. The van der Waals surface area contributed by atoms with Crippen LogP contribution in [0.1, 0.15) is 0 Å². The van der Waals surface area contributed by atoms with Gasteiger partial charge in [-0.15, -0.1) is 0 Å². The normalized spacial score (nSPS) is 9.73. The molecule has 2 N–H and O–H groups in total. The van der Waals surface area contributed by atoms with Gasteiger partial charge in [0.1, 0.15) is 0 Å². The summed E-state index contributed by atoms with van der Waals surface area (Å²) in [4.78, 5) is 24.2. The van der Waals surface area contributed by atoms with Crippen molar-refractivity contribution < 1.29 is 9.59 Å². The molecule has 114 valence electrons. The van der Waals surface area contributed by atoms with Crippen LogP contribution in [0.3, 0.4) is 0 Å². The predicted octanol–water partition coefficient (Wildman–Crippen LogP) is 3.23. The summed E-state index contributed by atoms with van der Waals surface area (Å²) in [6.07, 6.45) is 0. The summed E-state index contributed by atoms with van der Waals surface area (Å²) in [6, 6.07) is 17.3. The first-order chi connectivity index (χ1) is 10.6. The number of rotatable bonds is 2. The van der Waals surface area contributed by atoms with Crippen molar-refractivity contribution in [2.45, 2.75) is 0 Å². The van der Waals surface area contributed by atoms with Gasteiger partial charge in [0, 0.05) is 25.5 Å². The monoisotopic (exact) mass is 298 g/mol. The average molecular weight is 298 g/mol. The fourth-order valence-corrected chi connectivity index (χ4v) is 1.72. The Morgan fingerprint density at radius 1 is 0.682 bits per heavy atom. The number of para-hydroxylation sites is 2. The van der Waals surface area contributed by atoms with Crippen LogP contribution in [-0.2, 0) is 0 Å². The van der Waals surface area contributed by atoms with Crippen molar-refractivity contribution in [1.82, 2.24) is 10.0 Å². The van der Waals surface area contributed by atoms with E-state index in [1.807, 2.05) is 36.4 Å². The summed E-state index contributed by atoms with van der Waals surface area (Å²) < 4.78 is 0. The molecule has 6 nitrogen and oxygen atoms in total. The Kier molecular flexibility index (Phi) is 4.98. The minimum atomic E-state index is -0.406. The number of carbonyl (C=O) groups excluding carboxylic acids is 2. The first kappa shape index (κ1) is 15.4. The Bertz CT molecular complexity index is 574. The highest BCUT2D eigenvalue weighted by atomic mass is 16.2. The van der Waals surface area contributed by atoms with Crippen LogP contribution in [0.2, 0.25) is 0 Å². The van der Waals surface area contributed by atoms with Crippen LogP contribution in [-0.4, -0.2) is 36.2 Å². The van der Waals surface area contributed by atoms with E-state index in [9.17, 15) is 9.59 Å². The molecule has 0 saturated heterocycles. The van der Waals surface area contributed by atoms with Crippen molar-refractivity contribution in [1.29, 1.82) is 0 Å². The number of hydrazine groups is 1. The summed E-state index contributed by atoms with van der Waals surface area (Å²) in [5.74, 6) is 0. The molecule has 6 heteroatoms. The fraction of sp³-hybridized carbons (Fsp3) is 0.125. The molecule has 4 amide bonds. The van der Waals surface area contributed by atoms with Gasteiger partial charge >= 0.3 is 12.1 Å². The lowest BCUT2D eigenvalue weighted by Gasteiger charge is -2.28. The van der Waals surface area contributed by atoms with Gasteiger partial charge in [-0.3, -0.25) is 0 Å². The predicted molar refractivity (Wildman–Crippen MR) is 86.4 cm³/mol. The Labute approximate surface area is 129 Å². The molecule has 0 radical (unpaired) electrons. The van der Waals surface area contributed by atoms with Gasteiger partial charge in [-0.25, -0.2) is 19.6 Å². The van der Waals surface area contributed by atoms with Gasteiger partial charge in [0.05, 0.1) is 0 Å². The molecule has 0 heterocycles. The lowest BCUT2D eigenvalue weighted by Crippen LogP contribution is -2.48. The summed E-state index contributed by atoms with van der Waals surface area (Å²) in [5.41, 5.74) is 1.33. The quantitative estimate of drug-likeness (QED) is 0.836. The average Bonchev–Trinajstić information content (AvgIpc) is 2.55. The van der Waals surface area contributed by atoms with Crippen molar-refractivity contribution in [3.8, 4) is 0 Å². The first-order valence-electron chi connectivity index (χ1n) is 6.77. The summed E-state index contributed by atoms with van der Waals surface area (Å²) >= 11 is 0.